The Bertz CT molecular complexity index is 810. The normalized spacial score (nSPS) is 14.2. The highest BCUT2D eigenvalue weighted by atomic mass is 16.1. The average molecular weight is 322 g/mol. The molecule has 0 aliphatic carbocycles. The number of carbonyl (C=O) groups excluding carboxylic acids is 1. The predicted molar refractivity (Wildman–Crippen MR) is 89.0 cm³/mol. The Morgan fingerprint density at radius 3 is 2.79 bits per heavy atom. The summed E-state index contributed by atoms with van der Waals surface area (Å²) in [5, 5.41) is 15.1. The monoisotopic (exact) mass is 322 g/mol. The lowest BCUT2D eigenvalue weighted by Gasteiger charge is -2.12. The van der Waals surface area contributed by atoms with Gasteiger partial charge in [-0.05, 0) is 6.07 Å². The maximum atomic E-state index is 12.5. The van der Waals surface area contributed by atoms with E-state index in [4.69, 9.17) is 6.42 Å². The van der Waals surface area contributed by atoms with Crippen molar-refractivity contribution in [3.05, 3.63) is 36.2 Å². The van der Waals surface area contributed by atoms with Crippen molar-refractivity contribution in [2.45, 2.75) is 24.9 Å². The van der Waals surface area contributed by atoms with Gasteiger partial charge in [0, 0.05) is 38.4 Å². The molecular formula is C17H18N6O. The van der Waals surface area contributed by atoms with Crippen molar-refractivity contribution >= 4 is 5.91 Å². The van der Waals surface area contributed by atoms with Crippen LogP contribution in [0.1, 0.15) is 29.6 Å². The van der Waals surface area contributed by atoms with Gasteiger partial charge in [-0.1, -0.05) is 18.2 Å². The standard InChI is InChI=1S/C17H18N6O/c1-3-4-9-17(21-22-17)10-11-18-16(24)14-8-6-5-7-13(14)15-19-12-20-23(15)2/h1,5-8,12H,4,9-11H2,2H3,(H,18,24). The zero-order valence-corrected chi connectivity index (χ0v) is 13.4. The Hall–Kier alpha value is -3.01. The Kier molecular flexibility index (Phi) is 4.38. The smallest absolute Gasteiger partial charge is 0.252 e. The zero-order valence-electron chi connectivity index (χ0n) is 13.4. The molecule has 3 rings (SSSR count). The van der Waals surface area contributed by atoms with Gasteiger partial charge in [0.1, 0.15) is 6.33 Å². The van der Waals surface area contributed by atoms with Crippen molar-refractivity contribution in [1.82, 2.24) is 20.1 Å². The van der Waals surface area contributed by atoms with Crippen molar-refractivity contribution in [2.75, 3.05) is 6.54 Å². The Morgan fingerprint density at radius 1 is 1.33 bits per heavy atom. The third-order valence-electron chi connectivity index (χ3n) is 3.99. The number of nitrogens with one attached hydrogen (secondary N) is 1. The molecule has 1 aromatic carbocycles. The molecule has 122 valence electrons. The lowest BCUT2D eigenvalue weighted by Crippen LogP contribution is -2.28. The van der Waals surface area contributed by atoms with Crippen LogP contribution >= 0.6 is 0 Å². The molecule has 2 aromatic rings. The van der Waals surface area contributed by atoms with Crippen LogP contribution in [0.5, 0.6) is 0 Å². The first-order valence-corrected chi connectivity index (χ1v) is 7.74. The largest absolute Gasteiger partial charge is 0.352 e. The number of aromatic nitrogens is 3. The molecule has 2 heterocycles. The highest BCUT2D eigenvalue weighted by Gasteiger charge is 2.38. The van der Waals surface area contributed by atoms with E-state index in [9.17, 15) is 4.79 Å². The van der Waals surface area contributed by atoms with Crippen molar-refractivity contribution < 1.29 is 4.79 Å². The number of hydrogen-bond acceptors (Lipinski definition) is 5. The van der Waals surface area contributed by atoms with Crippen LogP contribution in [0.25, 0.3) is 11.4 Å². The lowest BCUT2D eigenvalue weighted by molar-refractivity contribution is 0.0952. The summed E-state index contributed by atoms with van der Waals surface area (Å²) < 4.78 is 1.64. The number of hydrogen-bond donors (Lipinski definition) is 1. The van der Waals surface area contributed by atoms with Crippen molar-refractivity contribution in [3.63, 3.8) is 0 Å². The van der Waals surface area contributed by atoms with Gasteiger partial charge in [0.15, 0.2) is 11.5 Å². The first-order valence-electron chi connectivity index (χ1n) is 7.74. The number of carbonyl (C=O) groups is 1. The van der Waals surface area contributed by atoms with Crippen molar-refractivity contribution in [2.24, 2.45) is 17.3 Å². The third kappa shape index (κ3) is 3.33. The quantitative estimate of drug-likeness (QED) is 0.793. The molecule has 0 fully saturated rings. The highest BCUT2D eigenvalue weighted by molar-refractivity contribution is 6.00. The first kappa shape index (κ1) is 15.9. The van der Waals surface area contributed by atoms with Crippen LogP contribution in [0.2, 0.25) is 0 Å². The number of amides is 1. The molecule has 1 aliphatic rings. The van der Waals surface area contributed by atoms with E-state index in [2.05, 4.69) is 31.5 Å². The molecule has 0 saturated heterocycles. The van der Waals surface area contributed by atoms with Gasteiger partial charge in [0.05, 0.1) is 5.56 Å². The highest BCUT2D eigenvalue weighted by Crippen LogP contribution is 2.36. The van der Waals surface area contributed by atoms with Gasteiger partial charge >= 0.3 is 0 Å². The van der Waals surface area contributed by atoms with Crippen molar-refractivity contribution in [3.8, 4) is 23.7 Å². The van der Waals surface area contributed by atoms with Crippen LogP contribution < -0.4 is 5.32 Å². The van der Waals surface area contributed by atoms with Crippen LogP contribution in [0.15, 0.2) is 40.8 Å². The summed E-state index contributed by atoms with van der Waals surface area (Å²) in [6.45, 7) is 0.490. The summed E-state index contributed by atoms with van der Waals surface area (Å²) in [5.41, 5.74) is 0.928. The summed E-state index contributed by atoms with van der Waals surface area (Å²) in [5.74, 6) is 3.09. The number of nitrogens with zero attached hydrogens (tertiary/aromatic N) is 5. The Balaban J connectivity index is 1.64. The molecule has 0 radical (unpaired) electrons. The second kappa shape index (κ2) is 6.62. The van der Waals surface area contributed by atoms with Crippen molar-refractivity contribution in [1.29, 1.82) is 0 Å². The van der Waals surface area contributed by atoms with Crippen LogP contribution in [0.4, 0.5) is 0 Å². The molecule has 1 aromatic heterocycles. The molecule has 7 heteroatoms. The summed E-state index contributed by atoms with van der Waals surface area (Å²) in [7, 11) is 1.79. The van der Waals surface area contributed by atoms with E-state index in [1.807, 2.05) is 18.2 Å². The van der Waals surface area contributed by atoms with Gasteiger partial charge in [-0.2, -0.15) is 15.3 Å². The van der Waals surface area contributed by atoms with Crippen LogP contribution in [0.3, 0.4) is 0 Å². The minimum atomic E-state index is -0.386. The minimum Gasteiger partial charge on any atom is -0.352 e. The fourth-order valence-corrected chi connectivity index (χ4v) is 2.56. The van der Waals surface area contributed by atoms with Gasteiger partial charge in [-0.15, -0.1) is 12.3 Å². The van der Waals surface area contributed by atoms with Gasteiger partial charge < -0.3 is 5.32 Å². The first-order chi connectivity index (χ1) is 11.7. The van der Waals surface area contributed by atoms with E-state index >= 15 is 0 Å². The molecule has 1 aliphatic heterocycles. The van der Waals surface area contributed by atoms with E-state index in [-0.39, 0.29) is 11.6 Å². The summed E-state index contributed by atoms with van der Waals surface area (Å²) in [6.07, 6.45) is 8.77. The van der Waals surface area contributed by atoms with E-state index in [0.29, 0.717) is 30.8 Å². The summed E-state index contributed by atoms with van der Waals surface area (Å²) >= 11 is 0. The molecule has 0 spiro atoms. The van der Waals surface area contributed by atoms with E-state index < -0.39 is 0 Å². The average Bonchev–Trinajstić information content (AvgIpc) is 3.24. The fraction of sp³-hybridized carbons (Fsp3) is 0.353. The van der Waals surface area contributed by atoms with Crippen LogP contribution in [0, 0.1) is 12.3 Å². The second-order valence-corrected chi connectivity index (χ2v) is 5.65. The van der Waals surface area contributed by atoms with Crippen LogP contribution in [-0.4, -0.2) is 32.9 Å². The summed E-state index contributed by atoms with van der Waals surface area (Å²) in [4.78, 5) is 16.7. The third-order valence-corrected chi connectivity index (χ3v) is 3.99. The van der Waals surface area contributed by atoms with Crippen LogP contribution in [-0.2, 0) is 7.05 Å². The van der Waals surface area contributed by atoms with E-state index in [1.54, 1.807) is 17.8 Å². The number of benzene rings is 1. The van der Waals surface area contributed by atoms with Gasteiger partial charge in [-0.25, -0.2) is 9.67 Å². The molecule has 0 atom stereocenters. The number of rotatable bonds is 7. The molecule has 0 saturated carbocycles. The minimum absolute atomic E-state index is 0.152. The van der Waals surface area contributed by atoms with E-state index in [1.165, 1.54) is 6.33 Å². The number of terminal acetylenes is 1. The summed E-state index contributed by atoms with van der Waals surface area (Å²) in [6, 6.07) is 7.34. The molecule has 7 nitrogen and oxygen atoms in total. The molecular weight excluding hydrogens is 304 g/mol. The second-order valence-electron chi connectivity index (χ2n) is 5.65. The molecule has 24 heavy (non-hydrogen) atoms. The molecule has 1 amide bonds. The lowest BCUT2D eigenvalue weighted by atomic mass is 10.0. The zero-order chi connectivity index (χ0) is 17.0. The topological polar surface area (TPSA) is 84.5 Å². The maximum absolute atomic E-state index is 12.5. The molecule has 0 unspecified atom stereocenters. The maximum Gasteiger partial charge on any atom is 0.252 e. The van der Waals surface area contributed by atoms with Gasteiger partial charge in [-0.3, -0.25) is 4.79 Å². The predicted octanol–water partition coefficient (Wildman–Crippen LogP) is 2.18. The fourth-order valence-electron chi connectivity index (χ4n) is 2.56. The van der Waals surface area contributed by atoms with E-state index in [0.717, 1.165) is 12.0 Å². The molecule has 1 N–H and O–H groups in total. The number of aryl methyl sites for hydroxylation is 1. The molecule has 0 bridgehead atoms. The Morgan fingerprint density at radius 2 is 2.12 bits per heavy atom. The SMILES string of the molecule is C#CCCC1(CCNC(=O)c2ccccc2-c2ncnn2C)N=N1. The van der Waals surface area contributed by atoms with Gasteiger partial charge in [0.25, 0.3) is 5.91 Å². The Labute approximate surface area is 140 Å². The van der Waals surface area contributed by atoms with Gasteiger partial charge in [0.2, 0.25) is 0 Å².